The van der Waals surface area contributed by atoms with Crippen molar-refractivity contribution in [1.29, 1.82) is 10.5 Å². The lowest BCUT2D eigenvalue weighted by Gasteiger charge is -2.11. The smallest absolute Gasteiger partial charge is 0.147 e. The second kappa shape index (κ2) is 3.69. The molecule has 0 aromatic carbocycles. The first-order valence-corrected chi connectivity index (χ1v) is 3.18. The van der Waals surface area contributed by atoms with E-state index in [1.54, 1.807) is 6.08 Å². The molecule has 0 atom stereocenters. The van der Waals surface area contributed by atoms with Gasteiger partial charge in [-0.05, 0) is 12.8 Å². The second-order valence-electron chi connectivity index (χ2n) is 2.15. The van der Waals surface area contributed by atoms with Crippen molar-refractivity contribution in [1.82, 2.24) is 0 Å². The van der Waals surface area contributed by atoms with Gasteiger partial charge in [-0.3, -0.25) is 0 Å². The predicted octanol–water partition coefficient (Wildman–Crippen LogP) is 2.01. The number of hydrogen-bond donors (Lipinski definition) is 0. The van der Waals surface area contributed by atoms with Gasteiger partial charge >= 0.3 is 0 Å². The SMILES string of the molecule is C=CCC(C#N)(C#N)CC. The van der Waals surface area contributed by atoms with Crippen LogP contribution in [0.2, 0.25) is 0 Å². The summed E-state index contributed by atoms with van der Waals surface area (Å²) in [5.74, 6) is 0. The van der Waals surface area contributed by atoms with E-state index in [2.05, 4.69) is 6.58 Å². The highest BCUT2D eigenvalue weighted by Gasteiger charge is 2.25. The highest BCUT2D eigenvalue weighted by molar-refractivity contribution is 5.14. The van der Waals surface area contributed by atoms with Gasteiger partial charge in [-0.15, -0.1) is 6.58 Å². The number of nitriles is 2. The van der Waals surface area contributed by atoms with Crippen LogP contribution in [0.3, 0.4) is 0 Å². The Morgan fingerprint density at radius 1 is 1.50 bits per heavy atom. The maximum Gasteiger partial charge on any atom is 0.147 e. The highest BCUT2D eigenvalue weighted by atomic mass is 14.4. The van der Waals surface area contributed by atoms with E-state index in [9.17, 15) is 0 Å². The van der Waals surface area contributed by atoms with Crippen LogP contribution in [0.1, 0.15) is 19.8 Å². The molecular weight excluding hydrogens is 124 g/mol. The van der Waals surface area contributed by atoms with Crippen molar-refractivity contribution in [2.24, 2.45) is 5.41 Å². The Morgan fingerprint density at radius 2 is 2.00 bits per heavy atom. The fraction of sp³-hybridized carbons (Fsp3) is 0.500. The van der Waals surface area contributed by atoms with Gasteiger partial charge in [-0.2, -0.15) is 10.5 Å². The molecule has 0 aliphatic rings. The molecule has 0 aliphatic carbocycles. The van der Waals surface area contributed by atoms with Crippen molar-refractivity contribution in [3.05, 3.63) is 12.7 Å². The third-order valence-electron chi connectivity index (χ3n) is 1.52. The van der Waals surface area contributed by atoms with Crippen molar-refractivity contribution in [2.45, 2.75) is 19.8 Å². The van der Waals surface area contributed by atoms with Crippen LogP contribution in [0.25, 0.3) is 0 Å². The first kappa shape index (κ1) is 8.72. The number of nitrogens with zero attached hydrogens (tertiary/aromatic N) is 2. The van der Waals surface area contributed by atoms with Crippen molar-refractivity contribution in [3.63, 3.8) is 0 Å². The maximum absolute atomic E-state index is 8.59. The molecule has 0 aromatic rings. The van der Waals surface area contributed by atoms with E-state index in [1.807, 2.05) is 19.1 Å². The fourth-order valence-corrected chi connectivity index (χ4v) is 0.665. The third-order valence-corrected chi connectivity index (χ3v) is 1.52. The van der Waals surface area contributed by atoms with E-state index >= 15 is 0 Å². The zero-order valence-corrected chi connectivity index (χ0v) is 6.09. The Hall–Kier alpha value is -1.28. The summed E-state index contributed by atoms with van der Waals surface area (Å²) in [4.78, 5) is 0. The summed E-state index contributed by atoms with van der Waals surface area (Å²) in [6.45, 7) is 5.32. The molecule has 0 aliphatic heterocycles. The molecule has 2 heteroatoms. The molecule has 0 saturated heterocycles. The quantitative estimate of drug-likeness (QED) is 0.554. The van der Waals surface area contributed by atoms with Gasteiger partial charge in [0.2, 0.25) is 0 Å². The van der Waals surface area contributed by atoms with E-state index in [4.69, 9.17) is 10.5 Å². The number of rotatable bonds is 3. The van der Waals surface area contributed by atoms with Crippen molar-refractivity contribution < 1.29 is 0 Å². The highest BCUT2D eigenvalue weighted by Crippen LogP contribution is 2.24. The topological polar surface area (TPSA) is 47.6 Å². The van der Waals surface area contributed by atoms with Gasteiger partial charge in [0.15, 0.2) is 0 Å². The van der Waals surface area contributed by atoms with Crippen LogP contribution in [0.5, 0.6) is 0 Å². The average molecular weight is 134 g/mol. The monoisotopic (exact) mass is 134 g/mol. The summed E-state index contributed by atoms with van der Waals surface area (Å²) in [6, 6.07) is 3.97. The standard InChI is InChI=1S/C8H10N2/c1-3-5-8(4-2,6-9)7-10/h3H,1,4-5H2,2H3. The van der Waals surface area contributed by atoms with Gasteiger partial charge < -0.3 is 0 Å². The summed E-state index contributed by atoms with van der Waals surface area (Å²) in [5, 5.41) is 17.2. The molecular formula is C8H10N2. The lowest BCUT2D eigenvalue weighted by atomic mass is 9.85. The normalized spacial score (nSPS) is 9.50. The molecule has 0 saturated carbocycles. The van der Waals surface area contributed by atoms with Crippen LogP contribution >= 0.6 is 0 Å². The first-order chi connectivity index (χ1) is 4.74. The number of allylic oxidation sites excluding steroid dienone is 1. The molecule has 0 unspecified atom stereocenters. The average Bonchev–Trinajstić information content (AvgIpc) is 2.01. The zero-order valence-electron chi connectivity index (χ0n) is 6.09. The van der Waals surface area contributed by atoms with E-state index < -0.39 is 5.41 Å². The largest absolute Gasteiger partial charge is 0.197 e. The molecule has 52 valence electrons. The molecule has 0 N–H and O–H groups in total. The minimum Gasteiger partial charge on any atom is -0.197 e. The van der Waals surface area contributed by atoms with Crippen molar-refractivity contribution in [3.8, 4) is 12.1 Å². The Bertz CT molecular complexity index is 178. The van der Waals surface area contributed by atoms with Gasteiger partial charge in [-0.1, -0.05) is 13.0 Å². The Kier molecular flexibility index (Phi) is 3.22. The predicted molar refractivity (Wildman–Crippen MR) is 38.8 cm³/mol. The van der Waals surface area contributed by atoms with Gasteiger partial charge in [0.05, 0.1) is 12.1 Å². The molecule has 0 bridgehead atoms. The van der Waals surface area contributed by atoms with E-state index in [1.165, 1.54) is 0 Å². The summed E-state index contributed by atoms with van der Waals surface area (Å²) in [7, 11) is 0. The van der Waals surface area contributed by atoms with E-state index in [-0.39, 0.29) is 0 Å². The Balaban J connectivity index is 4.38. The summed E-state index contributed by atoms with van der Waals surface area (Å²) in [5.41, 5.74) is -0.832. The van der Waals surface area contributed by atoms with Gasteiger partial charge in [0, 0.05) is 0 Å². The van der Waals surface area contributed by atoms with Crippen LogP contribution in [0.15, 0.2) is 12.7 Å². The van der Waals surface area contributed by atoms with Crippen LogP contribution in [0.4, 0.5) is 0 Å². The van der Waals surface area contributed by atoms with Gasteiger partial charge in [0.1, 0.15) is 5.41 Å². The maximum atomic E-state index is 8.59. The summed E-state index contributed by atoms with van der Waals surface area (Å²) >= 11 is 0. The van der Waals surface area contributed by atoms with Crippen molar-refractivity contribution in [2.75, 3.05) is 0 Å². The Labute approximate surface area is 61.4 Å². The minimum atomic E-state index is -0.832. The number of hydrogen-bond acceptors (Lipinski definition) is 2. The fourth-order valence-electron chi connectivity index (χ4n) is 0.665. The van der Waals surface area contributed by atoms with Gasteiger partial charge in [-0.25, -0.2) is 0 Å². The van der Waals surface area contributed by atoms with Crippen LogP contribution in [-0.2, 0) is 0 Å². The molecule has 0 fully saturated rings. The molecule has 0 heterocycles. The molecule has 0 spiro atoms. The molecule has 0 radical (unpaired) electrons. The van der Waals surface area contributed by atoms with E-state index in [0.717, 1.165) is 0 Å². The van der Waals surface area contributed by atoms with Crippen LogP contribution in [-0.4, -0.2) is 0 Å². The zero-order chi connectivity index (χ0) is 8.04. The Morgan fingerprint density at radius 3 is 2.10 bits per heavy atom. The molecule has 0 amide bonds. The lowest BCUT2D eigenvalue weighted by Crippen LogP contribution is -2.12. The molecule has 0 aromatic heterocycles. The molecule has 10 heavy (non-hydrogen) atoms. The van der Waals surface area contributed by atoms with Crippen LogP contribution < -0.4 is 0 Å². The van der Waals surface area contributed by atoms with E-state index in [0.29, 0.717) is 12.8 Å². The first-order valence-electron chi connectivity index (χ1n) is 3.18. The van der Waals surface area contributed by atoms with Gasteiger partial charge in [0.25, 0.3) is 0 Å². The summed E-state index contributed by atoms with van der Waals surface area (Å²) in [6.07, 6.45) is 2.62. The molecule has 2 nitrogen and oxygen atoms in total. The molecule has 0 rings (SSSR count). The van der Waals surface area contributed by atoms with Crippen LogP contribution in [0, 0.1) is 28.1 Å². The second-order valence-corrected chi connectivity index (χ2v) is 2.15. The summed E-state index contributed by atoms with van der Waals surface area (Å²) < 4.78 is 0. The lowest BCUT2D eigenvalue weighted by molar-refractivity contribution is 0.510. The van der Waals surface area contributed by atoms with Crippen molar-refractivity contribution >= 4 is 0 Å². The third kappa shape index (κ3) is 1.60. The minimum absolute atomic E-state index is 0.455.